The highest BCUT2D eigenvalue weighted by Crippen LogP contribution is 2.32. The zero-order valence-corrected chi connectivity index (χ0v) is 17.1. The summed E-state index contributed by atoms with van der Waals surface area (Å²) in [6.45, 7) is 0.564. The van der Waals surface area contributed by atoms with Gasteiger partial charge in [0, 0.05) is 17.7 Å². The smallest absolute Gasteiger partial charge is 0.193 e. The molecule has 8 heteroatoms. The monoisotopic (exact) mass is 438 g/mol. The molecule has 1 aromatic carbocycles. The van der Waals surface area contributed by atoms with Crippen LogP contribution in [0.4, 0.5) is 4.39 Å². The topological polar surface area (TPSA) is 76.6 Å². The van der Waals surface area contributed by atoms with Gasteiger partial charge in [-0.3, -0.25) is 0 Å². The summed E-state index contributed by atoms with van der Waals surface area (Å²) in [6, 6.07) is 12.9. The Labute approximate surface area is 181 Å². The number of halogens is 1. The summed E-state index contributed by atoms with van der Waals surface area (Å²) in [4.78, 5) is 7.59. The maximum absolute atomic E-state index is 14.8. The van der Waals surface area contributed by atoms with Crippen molar-refractivity contribution in [3.8, 4) is 28.3 Å². The lowest BCUT2D eigenvalue weighted by Crippen LogP contribution is -2.34. The molecule has 4 aromatic rings. The van der Waals surface area contributed by atoms with Crippen LogP contribution in [0, 0.1) is 5.82 Å². The molecule has 0 aliphatic carbocycles. The van der Waals surface area contributed by atoms with E-state index >= 15 is 0 Å². The zero-order chi connectivity index (χ0) is 20.9. The van der Waals surface area contributed by atoms with E-state index in [0.29, 0.717) is 34.8 Å². The number of nitrogens with zero attached hydrogens (tertiary/aromatic N) is 1. The number of aromatic nitrogens is 2. The number of ether oxygens (including phenoxy) is 3. The number of hydrogen-bond donors (Lipinski definition) is 2. The highest BCUT2D eigenvalue weighted by molar-refractivity contribution is 7.08. The van der Waals surface area contributed by atoms with Gasteiger partial charge in [0.25, 0.3) is 0 Å². The quantitative estimate of drug-likeness (QED) is 0.504. The van der Waals surface area contributed by atoms with E-state index in [4.69, 9.17) is 14.2 Å². The minimum atomic E-state index is -0.634. The third-order valence-corrected chi connectivity index (χ3v) is 6.49. The number of aliphatic hydroxyl groups excluding tert-OH is 1. The fourth-order valence-electron chi connectivity index (χ4n) is 4.23. The maximum Gasteiger partial charge on any atom is 0.193 e. The van der Waals surface area contributed by atoms with Gasteiger partial charge in [0.1, 0.15) is 24.0 Å². The number of rotatable bonds is 4. The van der Waals surface area contributed by atoms with Crippen molar-refractivity contribution in [2.24, 2.45) is 0 Å². The first kappa shape index (κ1) is 18.9. The molecule has 0 unspecified atom stereocenters. The molecule has 0 saturated carbocycles. The van der Waals surface area contributed by atoms with Crippen LogP contribution in [-0.2, 0) is 9.47 Å². The lowest BCUT2D eigenvalue weighted by atomic mass is 10.0. The van der Waals surface area contributed by atoms with E-state index in [2.05, 4.69) is 21.4 Å². The molecule has 2 aliphatic heterocycles. The normalized spacial score (nSPS) is 25.2. The van der Waals surface area contributed by atoms with E-state index in [9.17, 15) is 9.50 Å². The molecular formula is C23H19FN2O4S. The van der Waals surface area contributed by atoms with Crippen LogP contribution >= 0.6 is 11.3 Å². The van der Waals surface area contributed by atoms with Crippen molar-refractivity contribution in [2.75, 3.05) is 13.2 Å². The standard InChI is InChI=1S/C23H19FN2O4S/c24-15-7-16-17(8-20(25-16)30-19-10-29-22-18(27)9-28-23(19)22)26-21(15)13-3-1-12(2-4-13)14-5-6-31-11-14/h1-8,11,18-19,22-23,25,27H,9-10H2/t18-,19-,22-,23-/m1/s1. The third-order valence-electron chi connectivity index (χ3n) is 5.80. The number of fused-ring (bicyclic) bond motifs is 2. The van der Waals surface area contributed by atoms with Crippen LogP contribution < -0.4 is 4.74 Å². The second kappa shape index (κ2) is 7.42. The van der Waals surface area contributed by atoms with Crippen LogP contribution in [0.1, 0.15) is 0 Å². The van der Waals surface area contributed by atoms with Crippen LogP contribution in [0.15, 0.2) is 53.2 Å². The number of aliphatic hydroxyl groups is 1. The van der Waals surface area contributed by atoms with Gasteiger partial charge in [0.05, 0.1) is 24.2 Å². The average Bonchev–Trinajstić information content (AvgIpc) is 3.55. The van der Waals surface area contributed by atoms with Crippen molar-refractivity contribution >= 4 is 22.4 Å². The fraction of sp³-hybridized carbons (Fsp3) is 0.261. The summed E-state index contributed by atoms with van der Waals surface area (Å²) in [7, 11) is 0. The highest BCUT2D eigenvalue weighted by Gasteiger charge is 2.48. The van der Waals surface area contributed by atoms with Gasteiger partial charge in [-0.25, -0.2) is 9.37 Å². The number of thiophene rings is 1. The van der Waals surface area contributed by atoms with Crippen LogP contribution in [0.3, 0.4) is 0 Å². The third kappa shape index (κ3) is 3.32. The number of aromatic amines is 1. The van der Waals surface area contributed by atoms with Crippen LogP contribution in [0.25, 0.3) is 33.4 Å². The van der Waals surface area contributed by atoms with Gasteiger partial charge in [0.15, 0.2) is 17.8 Å². The van der Waals surface area contributed by atoms with Gasteiger partial charge in [-0.15, -0.1) is 0 Å². The van der Waals surface area contributed by atoms with Gasteiger partial charge >= 0.3 is 0 Å². The number of nitrogens with one attached hydrogen (secondary N) is 1. The molecule has 0 bridgehead atoms. The molecular weight excluding hydrogens is 419 g/mol. The van der Waals surface area contributed by atoms with Gasteiger partial charge in [-0.05, 0) is 28.0 Å². The second-order valence-corrected chi connectivity index (χ2v) is 8.57. The molecule has 0 spiro atoms. The summed E-state index contributed by atoms with van der Waals surface area (Å²) in [6.07, 6.45) is -1.66. The van der Waals surface area contributed by atoms with Crippen molar-refractivity contribution in [2.45, 2.75) is 24.4 Å². The minimum Gasteiger partial charge on any atom is -0.470 e. The fourth-order valence-corrected chi connectivity index (χ4v) is 4.89. The van der Waals surface area contributed by atoms with Crippen molar-refractivity contribution in [3.63, 3.8) is 0 Å². The number of H-pyrrole nitrogens is 1. The highest BCUT2D eigenvalue weighted by atomic mass is 32.1. The van der Waals surface area contributed by atoms with E-state index in [1.807, 2.05) is 29.6 Å². The van der Waals surface area contributed by atoms with E-state index in [-0.39, 0.29) is 24.9 Å². The number of hydrogen-bond acceptors (Lipinski definition) is 6. The molecule has 31 heavy (non-hydrogen) atoms. The van der Waals surface area contributed by atoms with Gasteiger partial charge in [-0.1, -0.05) is 24.3 Å². The zero-order valence-electron chi connectivity index (χ0n) is 16.3. The van der Waals surface area contributed by atoms with Crippen LogP contribution in [0.5, 0.6) is 5.88 Å². The molecule has 0 amide bonds. The molecule has 2 aliphatic rings. The Morgan fingerprint density at radius 1 is 1.03 bits per heavy atom. The van der Waals surface area contributed by atoms with Crippen molar-refractivity contribution in [1.29, 1.82) is 0 Å². The molecule has 6 nitrogen and oxygen atoms in total. The van der Waals surface area contributed by atoms with Crippen LogP contribution in [0.2, 0.25) is 0 Å². The van der Waals surface area contributed by atoms with Crippen molar-refractivity contribution < 1.29 is 23.7 Å². The Balaban J connectivity index is 1.27. The van der Waals surface area contributed by atoms with Gasteiger partial charge in [0.2, 0.25) is 0 Å². The molecule has 5 heterocycles. The molecule has 4 atom stereocenters. The summed E-state index contributed by atoms with van der Waals surface area (Å²) in [5.74, 6) is 0.0572. The Kier molecular flexibility index (Phi) is 4.53. The maximum atomic E-state index is 14.8. The largest absolute Gasteiger partial charge is 0.470 e. The molecule has 158 valence electrons. The summed E-state index contributed by atoms with van der Waals surface area (Å²) in [5.41, 5.74) is 4.39. The lowest BCUT2D eigenvalue weighted by molar-refractivity contribution is 0.00794. The predicted octanol–water partition coefficient (Wildman–Crippen LogP) is 4.00. The molecule has 2 N–H and O–H groups in total. The van der Waals surface area contributed by atoms with Crippen molar-refractivity contribution in [1.82, 2.24) is 9.97 Å². The molecule has 0 radical (unpaired) electrons. The first-order valence-electron chi connectivity index (χ1n) is 10.1. The molecule has 2 saturated heterocycles. The Hall–Kier alpha value is -2.78. The number of benzene rings is 1. The second-order valence-electron chi connectivity index (χ2n) is 7.79. The van der Waals surface area contributed by atoms with E-state index in [0.717, 1.165) is 11.1 Å². The SMILES string of the molecule is O[C@@H]1CO[C@H]2[C@@H]1OC[C@H]2Oc1cc2nc(-c3ccc(-c4ccsc4)cc3)c(F)cc2[nH]1. The van der Waals surface area contributed by atoms with E-state index in [1.54, 1.807) is 17.4 Å². The average molecular weight is 438 g/mol. The van der Waals surface area contributed by atoms with Crippen molar-refractivity contribution in [3.05, 3.63) is 59.0 Å². The Morgan fingerprint density at radius 2 is 1.84 bits per heavy atom. The molecule has 3 aromatic heterocycles. The van der Waals surface area contributed by atoms with Gasteiger partial charge < -0.3 is 24.3 Å². The summed E-state index contributed by atoms with van der Waals surface area (Å²) in [5, 5.41) is 14.0. The Bertz CT molecular complexity index is 1220. The summed E-state index contributed by atoms with van der Waals surface area (Å²) >= 11 is 1.64. The molecule has 2 fully saturated rings. The van der Waals surface area contributed by atoms with E-state index in [1.165, 1.54) is 6.07 Å². The predicted molar refractivity (Wildman–Crippen MR) is 115 cm³/mol. The summed E-state index contributed by atoms with van der Waals surface area (Å²) < 4.78 is 32.0. The minimum absolute atomic E-state index is 0.239. The lowest BCUT2D eigenvalue weighted by Gasteiger charge is -2.16. The van der Waals surface area contributed by atoms with Crippen LogP contribution in [-0.4, -0.2) is 52.7 Å². The van der Waals surface area contributed by atoms with Gasteiger partial charge in [-0.2, -0.15) is 11.3 Å². The van der Waals surface area contributed by atoms with E-state index < -0.39 is 11.9 Å². The Morgan fingerprint density at radius 3 is 2.65 bits per heavy atom. The molecule has 6 rings (SSSR count). The first-order valence-corrected chi connectivity index (χ1v) is 11.0. The number of pyridine rings is 1. The first-order chi connectivity index (χ1) is 15.2.